The van der Waals surface area contributed by atoms with Crippen molar-refractivity contribution in [1.29, 1.82) is 0 Å². The van der Waals surface area contributed by atoms with Gasteiger partial charge < -0.3 is 115 Å². The molecule has 0 rings (SSSR count). The van der Waals surface area contributed by atoms with Gasteiger partial charge in [0.2, 0.25) is 65.0 Å². The van der Waals surface area contributed by atoms with E-state index in [1.54, 1.807) is 0 Å². The fourth-order valence-electron chi connectivity index (χ4n) is 8.06. The van der Waals surface area contributed by atoms with Crippen molar-refractivity contribution in [2.24, 2.45) is 67.5 Å². The topological polar surface area (TPSA) is 624 Å². The second kappa shape index (κ2) is 44.5. The molecule has 0 fully saturated rings. The van der Waals surface area contributed by atoms with Gasteiger partial charge in [0.1, 0.15) is 54.9 Å². The lowest BCUT2D eigenvalue weighted by atomic mass is 10.0. The Morgan fingerprint density at radius 1 is 0.419 bits per heavy atom. The van der Waals surface area contributed by atoms with Crippen LogP contribution in [0.3, 0.4) is 0 Å². The quantitative estimate of drug-likeness (QED) is 0.0153. The molecule has 0 aromatic heterocycles. The number of carboxylic acids is 1. The van der Waals surface area contributed by atoms with Crippen molar-refractivity contribution < 1.29 is 67.7 Å². The maximum Gasteiger partial charge on any atom is 0.322 e. The highest BCUT2D eigenvalue weighted by atomic mass is 16.4. The summed E-state index contributed by atoms with van der Waals surface area (Å²) in [5.74, 6) is -11.4. The van der Waals surface area contributed by atoms with Gasteiger partial charge in [-0.1, -0.05) is 13.8 Å². The largest absolute Gasteiger partial charge is 0.480 e. The van der Waals surface area contributed by atoms with Gasteiger partial charge >= 0.3 is 5.97 Å². The first-order chi connectivity index (χ1) is 40.6. The monoisotopic (exact) mass is 1230 g/mol. The summed E-state index contributed by atoms with van der Waals surface area (Å²) in [5, 5.41) is 43.4. The number of aliphatic hydroxyl groups excluding tert-OH is 1. The average molecular weight is 1230 g/mol. The molecule has 35 nitrogen and oxygen atoms in total. The van der Waals surface area contributed by atoms with Gasteiger partial charge in [0.15, 0.2) is 11.9 Å². The Hall–Kier alpha value is -8.02. The van der Waals surface area contributed by atoms with E-state index >= 15 is 0 Å². The molecule has 0 aliphatic rings. The zero-order chi connectivity index (χ0) is 65.3. The van der Waals surface area contributed by atoms with Crippen LogP contribution < -0.4 is 105 Å². The Bertz CT molecular complexity index is 2250. The summed E-state index contributed by atoms with van der Waals surface area (Å²) < 4.78 is 0. The molecule has 86 heavy (non-hydrogen) atoms. The van der Waals surface area contributed by atoms with Crippen LogP contribution in [0.25, 0.3) is 0 Å². The summed E-state index contributed by atoms with van der Waals surface area (Å²) in [6.07, 6.45) is 1.89. The number of aliphatic imine (C=N–C) groups is 2. The van der Waals surface area contributed by atoms with E-state index in [-0.39, 0.29) is 115 Å². The molecule has 0 bridgehead atoms. The molecule has 11 amide bonds. The van der Waals surface area contributed by atoms with Crippen molar-refractivity contribution in [3.05, 3.63) is 0 Å². The Labute approximate surface area is 500 Å². The molecule has 0 saturated carbocycles. The summed E-state index contributed by atoms with van der Waals surface area (Å²) in [5.41, 5.74) is 50.4. The number of rotatable bonds is 47. The number of hydrogen-bond donors (Lipinski definition) is 21. The van der Waals surface area contributed by atoms with Gasteiger partial charge in [-0.05, 0) is 129 Å². The molecule has 0 aromatic rings. The Balaban J connectivity index is 6.68. The molecular weight excluding hydrogens is 1130 g/mol. The first-order valence-electron chi connectivity index (χ1n) is 28.7. The number of guanidine groups is 2. The Morgan fingerprint density at radius 3 is 1.16 bits per heavy atom. The number of unbranched alkanes of at least 4 members (excludes halogenated alkanes) is 3. The SMILES string of the molecule is CC(C)C[C@H](N)C(=O)N[C@@H](CCC(N)=O)C(=O)N[C@@H](C)C(=O)N[C@@H](CCCN=C(N)N)C(=O)N[C@@H](CCCN=C(N)N)C(=O)NCC(=O)N[C@@H](CCCCN)C(=O)N[C@@H](CCCCN)C(=O)N[C@@H](CCCCN)C(=O)N[C@@H](CO)C(=O)NCC(=O)O. The number of carbonyl (C=O) groups excluding carboxylic acids is 11. The number of aliphatic hydroxyl groups is 1. The van der Waals surface area contributed by atoms with E-state index in [9.17, 15) is 62.6 Å². The standard InChI is InChI=1S/C51H97N21O14/c1-28(2)24-30(55)42(79)68-36(17-18-38(56)74)45(82)65-29(3)41(78)67-35(16-11-23-62-51(59)60)48(85)69-31(15-10-22-61-50(57)58)43(80)63-25-39(75)66-32(12-4-7-19-52)46(83)70-33(13-5-8-20-53)47(84)71-34(14-6-9-21-54)49(86)72-37(27-73)44(81)64-26-40(76)77/h28-37,73H,4-27,52-55H2,1-3H3,(H2,56,74)(H,63,80)(H,64,81)(H,65,82)(H,66,75)(H,67,78)(H,68,79)(H,69,85)(H,70,83)(H,71,84)(H,72,86)(H,76,77)(H4,57,58,61)(H4,59,60,62)/t29-,30-,31-,32-,33-,34-,35-,36-,37-/m0/s1. The van der Waals surface area contributed by atoms with Crippen LogP contribution in [0.2, 0.25) is 0 Å². The summed E-state index contributed by atoms with van der Waals surface area (Å²) in [4.78, 5) is 166. The van der Waals surface area contributed by atoms with E-state index in [4.69, 9.17) is 56.7 Å². The van der Waals surface area contributed by atoms with Crippen LogP contribution in [0.1, 0.15) is 124 Å². The number of nitrogens with two attached hydrogens (primary N) is 9. The van der Waals surface area contributed by atoms with Crippen LogP contribution in [-0.4, -0.2) is 200 Å². The number of amides is 11. The lowest BCUT2D eigenvalue weighted by Crippen LogP contribution is -2.59. The highest BCUT2D eigenvalue weighted by Gasteiger charge is 2.34. The lowest BCUT2D eigenvalue weighted by Gasteiger charge is -2.26. The van der Waals surface area contributed by atoms with E-state index in [1.807, 2.05) is 13.8 Å². The molecule has 0 heterocycles. The molecule has 0 aromatic carbocycles. The van der Waals surface area contributed by atoms with Crippen molar-refractivity contribution in [2.45, 2.75) is 178 Å². The van der Waals surface area contributed by atoms with Crippen LogP contribution in [0.5, 0.6) is 0 Å². The predicted molar refractivity (Wildman–Crippen MR) is 316 cm³/mol. The van der Waals surface area contributed by atoms with Crippen LogP contribution in [-0.2, 0) is 57.5 Å². The van der Waals surface area contributed by atoms with Gasteiger partial charge in [0, 0.05) is 19.5 Å². The molecule has 0 aliphatic carbocycles. The van der Waals surface area contributed by atoms with Gasteiger partial charge in [-0.25, -0.2) is 0 Å². The minimum Gasteiger partial charge on any atom is -0.480 e. The van der Waals surface area contributed by atoms with Gasteiger partial charge in [-0.2, -0.15) is 0 Å². The minimum atomic E-state index is -1.59. The van der Waals surface area contributed by atoms with Gasteiger partial charge in [0.25, 0.3) is 0 Å². The van der Waals surface area contributed by atoms with Crippen LogP contribution in [0.15, 0.2) is 9.98 Å². The number of aliphatic carboxylic acids is 1. The first-order valence-corrected chi connectivity index (χ1v) is 28.7. The molecule has 490 valence electrons. The number of nitrogens with one attached hydrogen (secondary N) is 10. The summed E-state index contributed by atoms with van der Waals surface area (Å²) in [6, 6.07) is -12.1. The van der Waals surface area contributed by atoms with Crippen molar-refractivity contribution in [1.82, 2.24) is 53.2 Å². The van der Waals surface area contributed by atoms with Crippen LogP contribution in [0, 0.1) is 5.92 Å². The number of carbonyl (C=O) groups is 12. The van der Waals surface area contributed by atoms with Crippen LogP contribution in [0.4, 0.5) is 0 Å². The molecule has 0 unspecified atom stereocenters. The first kappa shape index (κ1) is 78.0. The van der Waals surface area contributed by atoms with E-state index in [0.29, 0.717) is 38.5 Å². The Morgan fingerprint density at radius 2 is 0.767 bits per heavy atom. The molecular formula is C51H97N21O14. The molecule has 35 heteroatoms. The summed E-state index contributed by atoms with van der Waals surface area (Å²) >= 11 is 0. The van der Waals surface area contributed by atoms with Gasteiger partial charge in [0.05, 0.1) is 19.2 Å². The van der Waals surface area contributed by atoms with Crippen molar-refractivity contribution in [3.63, 3.8) is 0 Å². The molecule has 0 radical (unpaired) electrons. The minimum absolute atomic E-state index is 0.00187. The number of hydrogen-bond acceptors (Lipinski definition) is 19. The molecule has 30 N–H and O–H groups in total. The number of nitrogens with zero attached hydrogens (tertiary/aromatic N) is 2. The highest BCUT2D eigenvalue weighted by Crippen LogP contribution is 2.11. The Kier molecular flexibility index (Phi) is 40.3. The zero-order valence-corrected chi connectivity index (χ0v) is 49.6. The maximum absolute atomic E-state index is 14.1. The van der Waals surface area contributed by atoms with E-state index in [1.165, 1.54) is 6.92 Å². The third-order valence-corrected chi connectivity index (χ3v) is 12.7. The van der Waals surface area contributed by atoms with E-state index in [2.05, 4.69) is 63.2 Å². The van der Waals surface area contributed by atoms with Crippen molar-refractivity contribution in [3.8, 4) is 0 Å². The fourth-order valence-corrected chi connectivity index (χ4v) is 8.06. The zero-order valence-electron chi connectivity index (χ0n) is 49.6. The van der Waals surface area contributed by atoms with E-state index in [0.717, 1.165) is 0 Å². The van der Waals surface area contributed by atoms with E-state index < -0.39 is 145 Å². The molecule has 9 atom stereocenters. The third kappa shape index (κ3) is 35.3. The maximum atomic E-state index is 14.1. The smallest absolute Gasteiger partial charge is 0.322 e. The van der Waals surface area contributed by atoms with Crippen molar-refractivity contribution >= 4 is 82.9 Å². The fraction of sp³-hybridized carbons (Fsp3) is 0.725. The summed E-state index contributed by atoms with van der Waals surface area (Å²) in [7, 11) is 0. The van der Waals surface area contributed by atoms with Crippen LogP contribution >= 0.6 is 0 Å². The number of primary amides is 1. The average Bonchev–Trinajstić information content (AvgIpc) is 3.62. The summed E-state index contributed by atoms with van der Waals surface area (Å²) in [6.45, 7) is 3.17. The van der Waals surface area contributed by atoms with Gasteiger partial charge in [-0.3, -0.25) is 67.5 Å². The third-order valence-electron chi connectivity index (χ3n) is 12.7. The lowest BCUT2D eigenvalue weighted by molar-refractivity contribution is -0.139. The molecule has 0 spiro atoms. The van der Waals surface area contributed by atoms with Gasteiger partial charge in [-0.15, -0.1) is 0 Å². The van der Waals surface area contributed by atoms with Crippen molar-refractivity contribution in [2.75, 3.05) is 52.4 Å². The normalized spacial score (nSPS) is 14.1. The molecule has 0 saturated heterocycles. The number of carboxylic acid groups (broad SMARTS) is 1. The highest BCUT2D eigenvalue weighted by molar-refractivity contribution is 5.98. The molecule has 0 aliphatic heterocycles. The predicted octanol–water partition coefficient (Wildman–Crippen LogP) is -8.67. The second-order valence-corrected chi connectivity index (χ2v) is 20.7. The second-order valence-electron chi connectivity index (χ2n) is 20.7.